The third-order valence-corrected chi connectivity index (χ3v) is 3.39. The van der Waals surface area contributed by atoms with Crippen molar-refractivity contribution in [3.63, 3.8) is 0 Å². The number of hydrogen-bond acceptors (Lipinski definition) is 7. The number of rotatable bonds is 6. The summed E-state index contributed by atoms with van der Waals surface area (Å²) in [6.07, 6.45) is 2.71. The number of carbonyl (C=O) groups excluding carboxylic acids is 1. The highest BCUT2D eigenvalue weighted by atomic mass is 16.6. The van der Waals surface area contributed by atoms with Gasteiger partial charge in [-0.05, 0) is 30.3 Å². The normalized spacial score (nSPS) is 10.8. The predicted molar refractivity (Wildman–Crippen MR) is 91.1 cm³/mol. The quantitative estimate of drug-likeness (QED) is 0.412. The van der Waals surface area contributed by atoms with E-state index in [2.05, 4.69) is 10.5 Å². The third-order valence-electron chi connectivity index (χ3n) is 3.39. The number of benzene rings is 1. The molecular weight excluding hydrogens is 342 g/mol. The number of furan rings is 2. The molecule has 1 N–H and O–H groups in total. The van der Waals surface area contributed by atoms with Gasteiger partial charge in [0.1, 0.15) is 17.3 Å². The van der Waals surface area contributed by atoms with Crippen LogP contribution in [0.1, 0.15) is 16.3 Å². The Hall–Kier alpha value is -3.88. The average molecular weight is 355 g/mol. The van der Waals surface area contributed by atoms with Crippen molar-refractivity contribution in [2.45, 2.75) is 0 Å². The van der Waals surface area contributed by atoms with Crippen molar-refractivity contribution in [3.8, 4) is 17.1 Å². The van der Waals surface area contributed by atoms with Crippen LogP contribution in [0.4, 0.5) is 5.69 Å². The van der Waals surface area contributed by atoms with Gasteiger partial charge in [0.25, 0.3) is 5.69 Å². The first-order valence-electron chi connectivity index (χ1n) is 7.38. The Morgan fingerprint density at radius 2 is 2.15 bits per heavy atom. The summed E-state index contributed by atoms with van der Waals surface area (Å²) < 4.78 is 15.7. The zero-order valence-electron chi connectivity index (χ0n) is 13.5. The van der Waals surface area contributed by atoms with Gasteiger partial charge in [-0.25, -0.2) is 5.43 Å². The molecule has 3 aromatic rings. The van der Waals surface area contributed by atoms with Crippen LogP contribution < -0.4 is 10.2 Å². The number of amides is 1. The smallest absolute Gasteiger partial charge is 0.307 e. The first-order chi connectivity index (χ1) is 12.6. The van der Waals surface area contributed by atoms with E-state index in [0.29, 0.717) is 22.8 Å². The van der Waals surface area contributed by atoms with Crippen LogP contribution in [0, 0.1) is 10.1 Å². The average Bonchev–Trinajstić information content (AvgIpc) is 3.33. The molecule has 1 aromatic carbocycles. The number of non-ortho nitro benzene ring substituents is 1. The lowest BCUT2D eigenvalue weighted by Crippen LogP contribution is -2.16. The Balaban J connectivity index is 1.74. The number of nitro groups is 1. The summed E-state index contributed by atoms with van der Waals surface area (Å²) in [5.41, 5.74) is 2.77. The van der Waals surface area contributed by atoms with E-state index in [1.165, 1.54) is 43.9 Å². The maximum Gasteiger partial charge on any atom is 0.307 e. The Kier molecular flexibility index (Phi) is 4.79. The van der Waals surface area contributed by atoms with Gasteiger partial charge in [-0.15, -0.1) is 0 Å². The molecule has 0 bridgehead atoms. The second kappa shape index (κ2) is 7.34. The van der Waals surface area contributed by atoms with Crippen LogP contribution in [-0.2, 0) is 0 Å². The lowest BCUT2D eigenvalue weighted by molar-refractivity contribution is -0.384. The Morgan fingerprint density at radius 3 is 2.85 bits per heavy atom. The molecule has 132 valence electrons. The molecule has 0 radical (unpaired) electrons. The van der Waals surface area contributed by atoms with E-state index in [-0.39, 0.29) is 11.4 Å². The molecule has 9 nitrogen and oxygen atoms in total. The van der Waals surface area contributed by atoms with Gasteiger partial charge in [0.05, 0.1) is 36.1 Å². The summed E-state index contributed by atoms with van der Waals surface area (Å²) in [6, 6.07) is 10.6. The first kappa shape index (κ1) is 17.0. The van der Waals surface area contributed by atoms with Gasteiger partial charge < -0.3 is 13.6 Å². The Morgan fingerprint density at radius 1 is 1.31 bits per heavy atom. The number of nitrogens with one attached hydrogen (secondary N) is 1. The lowest BCUT2D eigenvalue weighted by Gasteiger charge is -2.05. The molecule has 2 heterocycles. The lowest BCUT2D eigenvalue weighted by atomic mass is 10.1. The molecule has 0 saturated carbocycles. The van der Waals surface area contributed by atoms with Gasteiger partial charge in [0.15, 0.2) is 5.76 Å². The maximum atomic E-state index is 11.7. The van der Waals surface area contributed by atoms with Crippen LogP contribution in [-0.4, -0.2) is 24.2 Å². The van der Waals surface area contributed by atoms with Crippen LogP contribution in [0.25, 0.3) is 11.3 Å². The molecule has 9 heteroatoms. The predicted octanol–water partition coefficient (Wildman–Crippen LogP) is 3.22. The number of ether oxygens (including phenoxy) is 1. The minimum atomic E-state index is -0.506. The second-order valence-electron chi connectivity index (χ2n) is 5.02. The summed E-state index contributed by atoms with van der Waals surface area (Å²) in [5.74, 6) is 0.770. The number of methoxy groups -OCH3 is 1. The van der Waals surface area contributed by atoms with Gasteiger partial charge in [-0.3, -0.25) is 14.9 Å². The molecule has 3 rings (SSSR count). The summed E-state index contributed by atoms with van der Waals surface area (Å²) in [6.45, 7) is 0. The van der Waals surface area contributed by atoms with E-state index < -0.39 is 10.8 Å². The van der Waals surface area contributed by atoms with Crippen molar-refractivity contribution in [2.75, 3.05) is 7.11 Å². The van der Waals surface area contributed by atoms with Crippen molar-refractivity contribution in [1.82, 2.24) is 5.43 Å². The largest absolute Gasteiger partial charge is 0.496 e. The number of hydrazone groups is 1. The second-order valence-corrected chi connectivity index (χ2v) is 5.02. The Bertz CT molecular complexity index is 959. The van der Waals surface area contributed by atoms with Gasteiger partial charge in [0.2, 0.25) is 0 Å². The fourth-order valence-electron chi connectivity index (χ4n) is 2.18. The maximum absolute atomic E-state index is 11.7. The zero-order chi connectivity index (χ0) is 18.5. The minimum Gasteiger partial charge on any atom is -0.496 e. The molecule has 0 atom stereocenters. The molecule has 2 aromatic heterocycles. The zero-order valence-corrected chi connectivity index (χ0v) is 13.5. The van der Waals surface area contributed by atoms with Crippen LogP contribution in [0.3, 0.4) is 0 Å². The fraction of sp³-hybridized carbons (Fsp3) is 0.0588. The molecule has 0 spiro atoms. The summed E-state index contributed by atoms with van der Waals surface area (Å²) in [4.78, 5) is 22.0. The van der Waals surface area contributed by atoms with Crippen molar-refractivity contribution in [1.29, 1.82) is 0 Å². The van der Waals surface area contributed by atoms with Gasteiger partial charge >= 0.3 is 5.91 Å². The molecule has 0 saturated heterocycles. The molecule has 26 heavy (non-hydrogen) atoms. The number of hydrogen-bond donors (Lipinski definition) is 1. The standard InChI is InChI=1S/C17H13N3O6/c1-24-16-9-11(20(22)23)4-6-13(16)14-7-5-12(26-14)10-18-19-17(21)15-3-2-8-25-15/h2-10H,1H3,(H,19,21)/b18-10-. The molecule has 1 amide bonds. The molecule has 0 aliphatic carbocycles. The first-order valence-corrected chi connectivity index (χ1v) is 7.38. The van der Waals surface area contributed by atoms with Crippen LogP contribution in [0.2, 0.25) is 0 Å². The molecular formula is C17H13N3O6. The molecule has 0 unspecified atom stereocenters. The summed E-state index contributed by atoms with van der Waals surface area (Å²) >= 11 is 0. The van der Waals surface area contributed by atoms with Crippen LogP contribution in [0.15, 0.2) is 62.7 Å². The van der Waals surface area contributed by atoms with Crippen molar-refractivity contribution < 1.29 is 23.3 Å². The summed E-state index contributed by atoms with van der Waals surface area (Å²) in [5, 5.41) is 14.6. The summed E-state index contributed by atoms with van der Waals surface area (Å²) in [7, 11) is 1.41. The molecule has 0 fully saturated rings. The monoisotopic (exact) mass is 355 g/mol. The van der Waals surface area contributed by atoms with Crippen molar-refractivity contribution in [2.24, 2.45) is 5.10 Å². The van der Waals surface area contributed by atoms with Gasteiger partial charge in [-0.2, -0.15) is 5.10 Å². The fourth-order valence-corrected chi connectivity index (χ4v) is 2.18. The SMILES string of the molecule is COc1cc([N+](=O)[O-])ccc1-c1ccc(/C=N\NC(=O)c2ccco2)o1. The number of nitro benzene ring substituents is 1. The van der Waals surface area contributed by atoms with E-state index in [1.807, 2.05) is 0 Å². The number of carbonyl (C=O) groups is 1. The van der Waals surface area contributed by atoms with E-state index in [0.717, 1.165) is 0 Å². The highest BCUT2D eigenvalue weighted by molar-refractivity contribution is 5.92. The van der Waals surface area contributed by atoms with Gasteiger partial charge in [0, 0.05) is 6.07 Å². The van der Waals surface area contributed by atoms with Crippen LogP contribution >= 0.6 is 0 Å². The topological polar surface area (TPSA) is 120 Å². The minimum absolute atomic E-state index is 0.0837. The molecule has 0 aliphatic rings. The molecule has 0 aliphatic heterocycles. The van der Waals surface area contributed by atoms with Gasteiger partial charge in [-0.1, -0.05) is 0 Å². The number of nitrogens with zero attached hydrogens (tertiary/aromatic N) is 2. The van der Waals surface area contributed by atoms with E-state index in [1.54, 1.807) is 18.2 Å². The van der Waals surface area contributed by atoms with E-state index in [4.69, 9.17) is 13.6 Å². The van der Waals surface area contributed by atoms with E-state index in [9.17, 15) is 14.9 Å². The third kappa shape index (κ3) is 3.61. The highest BCUT2D eigenvalue weighted by Crippen LogP contribution is 2.33. The van der Waals surface area contributed by atoms with Crippen molar-refractivity contribution >= 4 is 17.8 Å². The Labute approximate surface area is 147 Å². The van der Waals surface area contributed by atoms with Crippen LogP contribution in [0.5, 0.6) is 5.75 Å². The van der Waals surface area contributed by atoms with Crippen molar-refractivity contribution in [3.05, 3.63) is 70.4 Å². The van der Waals surface area contributed by atoms with E-state index >= 15 is 0 Å². The highest BCUT2D eigenvalue weighted by Gasteiger charge is 2.15.